The lowest BCUT2D eigenvalue weighted by atomic mass is 9.77. The molecule has 1 N–H and O–H groups in total. The van der Waals surface area contributed by atoms with E-state index in [9.17, 15) is 14.7 Å². The van der Waals surface area contributed by atoms with Gasteiger partial charge in [-0.1, -0.05) is 85.7 Å². The van der Waals surface area contributed by atoms with Gasteiger partial charge in [-0.15, -0.1) is 0 Å². The summed E-state index contributed by atoms with van der Waals surface area (Å²) in [4.78, 5) is 25.8. The van der Waals surface area contributed by atoms with Crippen LogP contribution in [0, 0.1) is 23.7 Å². The minimum atomic E-state index is -1.99. The van der Waals surface area contributed by atoms with Crippen LogP contribution < -0.4 is 0 Å². The van der Waals surface area contributed by atoms with Gasteiger partial charge in [0.2, 0.25) is 0 Å². The maximum absolute atomic E-state index is 13.5. The van der Waals surface area contributed by atoms with Gasteiger partial charge in [0.25, 0.3) is 0 Å². The molecule has 8 nitrogen and oxygen atoms in total. The van der Waals surface area contributed by atoms with E-state index in [0.717, 1.165) is 5.56 Å². The van der Waals surface area contributed by atoms with Crippen LogP contribution in [0.3, 0.4) is 0 Å². The standard InChI is InChI=1S/C33H56O8Si/c1-12-27(38-21-37-20-26-16-14-13-15-17-26)24(4)29(35)25(5)28(34)22(2)18-33(9)30(40-31(36)41-33)23(3)19-39-42(10,11)32(6,7)8/h13-17,22-25,27,29-30,35H,12,18-21H2,1-11H3/t22-,23+,24+,25+,27-,29+,30-,33+/m1/s1. The fourth-order valence-corrected chi connectivity index (χ4v) is 6.64. The van der Waals surface area contributed by atoms with E-state index in [4.69, 9.17) is 23.4 Å². The van der Waals surface area contributed by atoms with E-state index in [2.05, 4.69) is 33.9 Å². The topological polar surface area (TPSA) is 101 Å². The van der Waals surface area contributed by atoms with Gasteiger partial charge in [0.1, 0.15) is 18.7 Å². The average molecular weight is 609 g/mol. The number of carbonyl (C=O) groups is 2. The van der Waals surface area contributed by atoms with E-state index >= 15 is 0 Å². The first-order chi connectivity index (χ1) is 19.4. The molecule has 0 saturated carbocycles. The second kappa shape index (κ2) is 15.3. The Bertz CT molecular complexity index is 994. The van der Waals surface area contributed by atoms with Gasteiger partial charge in [-0.2, -0.15) is 0 Å². The molecular formula is C33H56O8Si. The van der Waals surface area contributed by atoms with Crippen LogP contribution >= 0.6 is 0 Å². The third-order valence-corrected chi connectivity index (χ3v) is 13.8. The summed E-state index contributed by atoms with van der Waals surface area (Å²) < 4.78 is 29.3. The fraction of sp³-hybridized carbons (Fsp3) is 0.758. The van der Waals surface area contributed by atoms with E-state index in [1.54, 1.807) is 6.92 Å². The fourth-order valence-electron chi connectivity index (χ4n) is 5.53. The molecule has 0 aromatic heterocycles. The van der Waals surface area contributed by atoms with Crippen molar-refractivity contribution in [2.45, 2.75) is 124 Å². The van der Waals surface area contributed by atoms with Gasteiger partial charge < -0.3 is 28.5 Å². The van der Waals surface area contributed by atoms with Crippen molar-refractivity contribution in [2.24, 2.45) is 23.7 Å². The highest BCUT2D eigenvalue weighted by Crippen LogP contribution is 2.40. The molecule has 0 spiro atoms. The number of benzene rings is 1. The number of cyclic esters (lactones) is 2. The lowest BCUT2D eigenvalue weighted by molar-refractivity contribution is -0.142. The summed E-state index contributed by atoms with van der Waals surface area (Å²) in [6, 6.07) is 9.86. The summed E-state index contributed by atoms with van der Waals surface area (Å²) in [7, 11) is -1.99. The molecule has 9 heteroatoms. The highest BCUT2D eigenvalue weighted by atomic mass is 28.4. The maximum atomic E-state index is 13.5. The minimum Gasteiger partial charge on any atom is -0.426 e. The molecular weight excluding hydrogens is 552 g/mol. The zero-order chi connectivity index (χ0) is 31.9. The van der Waals surface area contributed by atoms with E-state index in [0.29, 0.717) is 26.1 Å². The zero-order valence-electron chi connectivity index (χ0n) is 27.8. The normalized spacial score (nSPS) is 23.8. The first kappa shape index (κ1) is 36.4. The lowest BCUT2D eigenvalue weighted by Crippen LogP contribution is -2.48. The van der Waals surface area contributed by atoms with E-state index < -0.39 is 44.1 Å². The van der Waals surface area contributed by atoms with Crippen molar-refractivity contribution in [2.75, 3.05) is 13.4 Å². The second-order valence-electron chi connectivity index (χ2n) is 14.0. The molecule has 1 aromatic carbocycles. The van der Waals surface area contributed by atoms with E-state index in [1.807, 2.05) is 65.0 Å². The van der Waals surface area contributed by atoms with Gasteiger partial charge >= 0.3 is 6.16 Å². The lowest BCUT2D eigenvalue weighted by Gasteiger charge is -2.39. The molecule has 0 radical (unpaired) electrons. The molecule has 8 atom stereocenters. The van der Waals surface area contributed by atoms with Crippen molar-refractivity contribution in [3.8, 4) is 0 Å². The predicted molar refractivity (Wildman–Crippen MR) is 166 cm³/mol. The molecule has 1 saturated heterocycles. The van der Waals surface area contributed by atoms with Crippen molar-refractivity contribution in [1.29, 1.82) is 0 Å². The van der Waals surface area contributed by atoms with Gasteiger partial charge in [-0.05, 0) is 37.0 Å². The molecule has 1 aromatic rings. The number of aliphatic hydroxyl groups excluding tert-OH is 1. The Kier molecular flexibility index (Phi) is 13.2. The number of Topliss-reactive ketones (excluding diaryl/α,β-unsaturated/α-hetero) is 1. The van der Waals surface area contributed by atoms with Crippen molar-refractivity contribution in [3.05, 3.63) is 35.9 Å². The number of rotatable bonds is 17. The zero-order valence-corrected chi connectivity index (χ0v) is 28.8. The molecule has 2 rings (SSSR count). The molecule has 1 aliphatic rings. The Balaban J connectivity index is 1.97. The first-order valence-electron chi connectivity index (χ1n) is 15.4. The van der Waals surface area contributed by atoms with Crippen LogP contribution in [-0.4, -0.2) is 62.7 Å². The Hall–Kier alpha value is -1.78. The number of carbonyl (C=O) groups excluding carboxylic acids is 2. The van der Waals surface area contributed by atoms with Crippen LogP contribution in [-0.2, 0) is 34.8 Å². The van der Waals surface area contributed by atoms with Crippen LogP contribution in [0.1, 0.15) is 80.7 Å². The summed E-state index contributed by atoms with van der Waals surface area (Å²) in [6.07, 6.45) is -1.47. The van der Waals surface area contributed by atoms with Gasteiger partial charge in [0.15, 0.2) is 13.9 Å². The quantitative estimate of drug-likeness (QED) is 0.0862. The van der Waals surface area contributed by atoms with E-state index in [1.165, 1.54) is 0 Å². The maximum Gasteiger partial charge on any atom is 0.509 e. The molecule has 240 valence electrons. The number of ketones is 1. The third-order valence-electron chi connectivity index (χ3n) is 9.33. The van der Waals surface area contributed by atoms with Crippen molar-refractivity contribution >= 4 is 20.3 Å². The molecule has 0 aliphatic carbocycles. The SMILES string of the molecule is CC[C@@H](OCOCc1ccccc1)[C@H](C)[C@H](O)[C@@H](C)C(=O)[C@H](C)C[C@]1(C)OC(=O)O[C@@H]1[C@@H](C)CO[Si](C)(C)C(C)(C)C. The van der Waals surface area contributed by atoms with Crippen molar-refractivity contribution in [3.63, 3.8) is 0 Å². The second-order valence-corrected chi connectivity index (χ2v) is 18.8. The molecule has 1 aliphatic heterocycles. The molecule has 1 fully saturated rings. The monoisotopic (exact) mass is 608 g/mol. The summed E-state index contributed by atoms with van der Waals surface area (Å²) >= 11 is 0. The number of hydrogen-bond acceptors (Lipinski definition) is 8. The van der Waals surface area contributed by atoms with Crippen LogP contribution in [0.25, 0.3) is 0 Å². The van der Waals surface area contributed by atoms with Gasteiger partial charge in [0.05, 0.1) is 18.8 Å². The highest BCUT2D eigenvalue weighted by Gasteiger charge is 2.52. The summed E-state index contributed by atoms with van der Waals surface area (Å²) in [5.74, 6) is -1.58. The Morgan fingerprint density at radius 2 is 1.74 bits per heavy atom. The summed E-state index contributed by atoms with van der Waals surface area (Å²) in [6.45, 7) is 23.2. The molecule has 42 heavy (non-hydrogen) atoms. The first-order valence-corrected chi connectivity index (χ1v) is 18.3. The molecule has 1 heterocycles. The van der Waals surface area contributed by atoms with Crippen LogP contribution in [0.2, 0.25) is 18.1 Å². The Labute approximate surface area is 254 Å². The Morgan fingerprint density at radius 3 is 2.31 bits per heavy atom. The predicted octanol–water partition coefficient (Wildman–Crippen LogP) is 7.14. The van der Waals surface area contributed by atoms with Crippen LogP contribution in [0.5, 0.6) is 0 Å². The highest BCUT2D eigenvalue weighted by molar-refractivity contribution is 6.74. The summed E-state index contributed by atoms with van der Waals surface area (Å²) in [5.41, 5.74) is 0.0753. The van der Waals surface area contributed by atoms with E-state index in [-0.39, 0.29) is 35.6 Å². The third kappa shape index (κ3) is 9.61. The Morgan fingerprint density at radius 1 is 1.12 bits per heavy atom. The van der Waals surface area contributed by atoms with Gasteiger partial charge in [-0.3, -0.25) is 4.79 Å². The largest absolute Gasteiger partial charge is 0.509 e. The van der Waals surface area contributed by atoms with Gasteiger partial charge in [0, 0.05) is 36.7 Å². The molecule has 0 amide bonds. The number of ether oxygens (including phenoxy) is 4. The van der Waals surface area contributed by atoms with Crippen LogP contribution in [0.15, 0.2) is 30.3 Å². The molecule has 0 unspecified atom stereocenters. The minimum absolute atomic E-state index is 0.0604. The smallest absolute Gasteiger partial charge is 0.426 e. The number of aliphatic hydroxyl groups is 1. The molecule has 0 bridgehead atoms. The average Bonchev–Trinajstić information content (AvgIpc) is 3.23. The van der Waals surface area contributed by atoms with Crippen molar-refractivity contribution in [1.82, 2.24) is 0 Å². The number of hydrogen-bond donors (Lipinski definition) is 1. The summed E-state index contributed by atoms with van der Waals surface area (Å²) in [5, 5.41) is 11.3. The van der Waals surface area contributed by atoms with Crippen LogP contribution in [0.4, 0.5) is 4.79 Å². The van der Waals surface area contributed by atoms with Gasteiger partial charge in [-0.25, -0.2) is 4.79 Å². The van der Waals surface area contributed by atoms with Crippen molar-refractivity contribution < 1.29 is 38.1 Å².